The van der Waals surface area contributed by atoms with E-state index in [2.05, 4.69) is 0 Å². The second-order valence-electron chi connectivity index (χ2n) is 4.88. The molecule has 0 atom stereocenters. The lowest BCUT2D eigenvalue weighted by molar-refractivity contribution is -0.138. The van der Waals surface area contributed by atoms with E-state index in [1.807, 2.05) is 26.0 Å². The van der Waals surface area contributed by atoms with Gasteiger partial charge < -0.3 is 4.74 Å². The van der Waals surface area contributed by atoms with E-state index in [0.717, 1.165) is 23.5 Å². The van der Waals surface area contributed by atoms with Crippen LogP contribution in [0.3, 0.4) is 0 Å². The first kappa shape index (κ1) is 15.3. The van der Waals surface area contributed by atoms with Gasteiger partial charge in [0.15, 0.2) is 0 Å². The van der Waals surface area contributed by atoms with Crippen LogP contribution >= 0.6 is 0 Å². The van der Waals surface area contributed by atoms with E-state index >= 15 is 0 Å². The van der Waals surface area contributed by atoms with Gasteiger partial charge in [-0.1, -0.05) is 25.0 Å². The molecule has 0 radical (unpaired) electrons. The molecule has 1 aromatic rings. The number of fused-ring (bicyclic) bond motifs is 1. The quantitative estimate of drug-likeness (QED) is 0.475. The summed E-state index contributed by atoms with van der Waals surface area (Å²) >= 11 is 0. The Kier molecular flexibility index (Phi) is 4.75. The average molecular weight is 289 g/mol. The average Bonchev–Trinajstić information content (AvgIpc) is 2.71. The van der Waals surface area contributed by atoms with Crippen molar-refractivity contribution in [3.63, 3.8) is 0 Å². The van der Waals surface area contributed by atoms with Crippen LogP contribution < -0.4 is 0 Å². The zero-order chi connectivity index (χ0) is 15.4. The van der Waals surface area contributed by atoms with Crippen molar-refractivity contribution in [1.82, 2.24) is 5.06 Å². The van der Waals surface area contributed by atoms with E-state index in [9.17, 15) is 9.59 Å². The van der Waals surface area contributed by atoms with Gasteiger partial charge in [0.25, 0.3) is 5.91 Å². The first-order valence-corrected chi connectivity index (χ1v) is 6.96. The van der Waals surface area contributed by atoms with Gasteiger partial charge in [-0.2, -0.15) is 5.06 Å². The smallest absolute Gasteiger partial charge is 0.332 e. The van der Waals surface area contributed by atoms with Crippen molar-refractivity contribution < 1.29 is 19.2 Å². The summed E-state index contributed by atoms with van der Waals surface area (Å²) in [6, 6.07) is 5.45. The second kappa shape index (κ2) is 6.54. The summed E-state index contributed by atoms with van der Waals surface area (Å²) < 4.78 is 5.11. The van der Waals surface area contributed by atoms with Crippen LogP contribution in [0.5, 0.6) is 0 Å². The second-order valence-corrected chi connectivity index (χ2v) is 4.88. The van der Waals surface area contributed by atoms with E-state index in [-0.39, 0.29) is 5.91 Å². The Morgan fingerprint density at radius 2 is 2.10 bits per heavy atom. The molecule has 0 saturated heterocycles. The minimum absolute atomic E-state index is 0.278. The Labute approximate surface area is 124 Å². The number of amides is 1. The number of unbranched alkanes of at least 4 members (excludes halogenated alkanes) is 1. The summed E-state index contributed by atoms with van der Waals surface area (Å²) in [5.74, 6) is -0.747. The zero-order valence-corrected chi connectivity index (χ0v) is 12.5. The summed E-state index contributed by atoms with van der Waals surface area (Å²) in [7, 11) is 1.40. The molecular formula is C16H19NO4. The lowest BCUT2D eigenvalue weighted by atomic mass is 10.0. The van der Waals surface area contributed by atoms with Gasteiger partial charge in [-0.3, -0.25) is 9.63 Å². The molecule has 0 aromatic heterocycles. The highest BCUT2D eigenvalue weighted by Gasteiger charge is 2.33. The molecule has 5 nitrogen and oxygen atoms in total. The number of nitrogens with zero attached hydrogens (tertiary/aromatic N) is 1. The number of benzene rings is 1. The number of carbonyl (C=O) groups is 2. The van der Waals surface area contributed by atoms with E-state index in [1.165, 1.54) is 13.2 Å². The molecule has 21 heavy (non-hydrogen) atoms. The molecule has 0 aliphatic carbocycles. The third-order valence-corrected chi connectivity index (χ3v) is 3.26. The van der Waals surface area contributed by atoms with Gasteiger partial charge in [0.05, 0.1) is 31.1 Å². The van der Waals surface area contributed by atoms with E-state index in [4.69, 9.17) is 9.57 Å². The number of aryl methyl sites for hydroxylation is 1. The predicted octanol–water partition coefficient (Wildman–Crippen LogP) is 2.70. The summed E-state index contributed by atoms with van der Waals surface area (Å²) in [5.41, 5.74) is 2.64. The highest BCUT2D eigenvalue weighted by Crippen LogP contribution is 2.33. The molecule has 0 unspecified atom stereocenters. The van der Waals surface area contributed by atoms with Gasteiger partial charge in [0.1, 0.15) is 0 Å². The molecule has 0 spiro atoms. The van der Waals surface area contributed by atoms with Gasteiger partial charge >= 0.3 is 5.97 Å². The fourth-order valence-corrected chi connectivity index (χ4v) is 2.17. The highest BCUT2D eigenvalue weighted by atomic mass is 16.7. The molecule has 2 rings (SSSR count). The van der Waals surface area contributed by atoms with E-state index in [0.29, 0.717) is 23.4 Å². The zero-order valence-electron chi connectivity index (χ0n) is 12.5. The largest absolute Gasteiger partial charge is 0.462 e. The van der Waals surface area contributed by atoms with Crippen molar-refractivity contribution in [2.75, 3.05) is 13.7 Å². The number of hydrogen-bond donors (Lipinski definition) is 0. The molecular weight excluding hydrogens is 270 g/mol. The van der Waals surface area contributed by atoms with Crippen molar-refractivity contribution in [2.24, 2.45) is 0 Å². The van der Waals surface area contributed by atoms with Crippen molar-refractivity contribution >= 4 is 17.6 Å². The van der Waals surface area contributed by atoms with Crippen LogP contribution in [-0.2, 0) is 14.4 Å². The Morgan fingerprint density at radius 1 is 1.33 bits per heavy atom. The van der Waals surface area contributed by atoms with Gasteiger partial charge in [-0.25, -0.2) is 4.79 Å². The minimum atomic E-state index is -0.470. The molecule has 1 aliphatic rings. The van der Waals surface area contributed by atoms with Crippen LogP contribution in [0.1, 0.15) is 41.3 Å². The molecule has 1 aromatic carbocycles. The molecule has 0 bridgehead atoms. The third-order valence-electron chi connectivity index (χ3n) is 3.26. The van der Waals surface area contributed by atoms with Gasteiger partial charge in [-0.15, -0.1) is 0 Å². The first-order valence-electron chi connectivity index (χ1n) is 6.96. The van der Waals surface area contributed by atoms with Crippen molar-refractivity contribution in [3.05, 3.63) is 41.0 Å². The van der Waals surface area contributed by atoms with Crippen LogP contribution in [-0.4, -0.2) is 30.7 Å². The molecule has 1 amide bonds. The van der Waals surface area contributed by atoms with Crippen LogP contribution in [0.15, 0.2) is 24.3 Å². The lowest BCUT2D eigenvalue weighted by Crippen LogP contribution is -2.22. The van der Waals surface area contributed by atoms with Crippen LogP contribution in [0.2, 0.25) is 0 Å². The number of ether oxygens (including phenoxy) is 1. The number of hydrogen-bond acceptors (Lipinski definition) is 4. The van der Waals surface area contributed by atoms with Crippen LogP contribution in [0.4, 0.5) is 0 Å². The normalized spacial score (nSPS) is 15.5. The fraction of sp³-hybridized carbons (Fsp3) is 0.375. The minimum Gasteiger partial charge on any atom is -0.462 e. The Bertz CT molecular complexity index is 592. The summed E-state index contributed by atoms with van der Waals surface area (Å²) in [6.45, 7) is 4.33. The maximum Gasteiger partial charge on any atom is 0.332 e. The van der Waals surface area contributed by atoms with Gasteiger partial charge in [0, 0.05) is 5.56 Å². The molecule has 0 fully saturated rings. The first-order chi connectivity index (χ1) is 10.1. The van der Waals surface area contributed by atoms with Crippen molar-refractivity contribution in [3.8, 4) is 0 Å². The predicted molar refractivity (Wildman–Crippen MR) is 78.2 cm³/mol. The van der Waals surface area contributed by atoms with E-state index in [1.54, 1.807) is 6.07 Å². The Balaban J connectivity index is 2.31. The molecule has 1 aliphatic heterocycles. The summed E-state index contributed by atoms with van der Waals surface area (Å²) in [4.78, 5) is 29.1. The maximum atomic E-state index is 12.2. The summed E-state index contributed by atoms with van der Waals surface area (Å²) in [5, 5.41) is 1.12. The molecule has 112 valence electrons. The number of rotatable bonds is 5. The van der Waals surface area contributed by atoms with Gasteiger partial charge in [-0.05, 0) is 25.5 Å². The van der Waals surface area contributed by atoms with E-state index < -0.39 is 5.97 Å². The number of carbonyl (C=O) groups excluding carboxylic acids is 2. The fourth-order valence-electron chi connectivity index (χ4n) is 2.17. The number of hydroxylamine groups is 2. The molecule has 0 saturated carbocycles. The molecule has 5 heteroatoms. The third kappa shape index (κ3) is 3.13. The molecule has 0 N–H and O–H groups in total. The summed E-state index contributed by atoms with van der Waals surface area (Å²) in [6.07, 6.45) is 3.08. The van der Waals surface area contributed by atoms with Crippen LogP contribution in [0, 0.1) is 6.92 Å². The van der Waals surface area contributed by atoms with Crippen LogP contribution in [0.25, 0.3) is 5.70 Å². The van der Waals surface area contributed by atoms with Crippen molar-refractivity contribution in [1.29, 1.82) is 0 Å². The topological polar surface area (TPSA) is 55.8 Å². The Morgan fingerprint density at radius 3 is 2.76 bits per heavy atom. The lowest BCUT2D eigenvalue weighted by Gasteiger charge is -2.14. The maximum absolute atomic E-state index is 12.2. The highest BCUT2D eigenvalue weighted by molar-refractivity contribution is 6.10. The molecule has 1 heterocycles. The van der Waals surface area contributed by atoms with Gasteiger partial charge in [0.2, 0.25) is 0 Å². The number of esters is 1. The standard InChI is InChI=1S/C16H19NO4/c1-4-5-8-21-15(18)10-14-13-9-11(2)6-7-12(13)16(19)17(14)20-3/h6-7,9-10H,4-5,8H2,1-3H3/b14-10+. The monoisotopic (exact) mass is 289 g/mol. The Hall–Kier alpha value is -2.14. The SMILES string of the molecule is CCCCOC(=O)/C=C1\c2cc(C)ccc2C(=O)N1OC. The van der Waals surface area contributed by atoms with Crippen molar-refractivity contribution in [2.45, 2.75) is 26.7 Å².